The maximum atomic E-state index is 2.83. The van der Waals surface area contributed by atoms with Crippen molar-refractivity contribution in [3.8, 4) is 0 Å². The zero-order chi connectivity index (χ0) is 22.2. The number of halogens is 1. The molecule has 0 aliphatic carbocycles. The third-order valence-electron chi connectivity index (χ3n) is 6.18. The fourth-order valence-corrected chi connectivity index (χ4v) is 5.52. The maximum Gasteiger partial charge on any atom is -0.147 e. The summed E-state index contributed by atoms with van der Waals surface area (Å²) in [7, 11) is 0. The van der Waals surface area contributed by atoms with Gasteiger partial charge in [-0.2, -0.15) is 0 Å². The maximum absolute atomic E-state index is 2.83. The third kappa shape index (κ3) is 5.14. The Kier molecular flexibility index (Phi) is 9.05. The van der Waals surface area contributed by atoms with Gasteiger partial charge in [0.1, 0.15) is 0 Å². The van der Waals surface area contributed by atoms with E-state index in [1.54, 1.807) is 0 Å². The quantitative estimate of drug-likeness (QED) is 0.307. The van der Waals surface area contributed by atoms with Gasteiger partial charge in [0.15, 0.2) is 0 Å². The summed E-state index contributed by atoms with van der Waals surface area (Å²) in [5.74, 6) is 2.01. The first-order chi connectivity index (χ1) is 14.1. The molecule has 1 heterocycles. The molecule has 0 atom stereocenters. The van der Waals surface area contributed by atoms with E-state index < -0.39 is 0 Å². The number of hydrogen-bond donors (Lipinski definition) is 0. The van der Waals surface area contributed by atoms with Gasteiger partial charge in [-0.1, -0.05) is 0 Å². The van der Waals surface area contributed by atoms with Gasteiger partial charge in [0.05, 0.1) is 0 Å². The molecular weight excluding hydrogens is 585 g/mol. The van der Waals surface area contributed by atoms with Crippen molar-refractivity contribution in [2.24, 2.45) is 0 Å². The van der Waals surface area contributed by atoms with Crippen molar-refractivity contribution in [2.75, 3.05) is 22.9 Å². The van der Waals surface area contributed by atoms with Gasteiger partial charge in [-0.3, -0.25) is 0 Å². The monoisotopic (exact) mass is 623 g/mol. The number of anilines is 2. The molecule has 1 fully saturated rings. The molecule has 0 saturated carbocycles. The molecule has 0 aromatic heterocycles. The van der Waals surface area contributed by atoms with E-state index in [-0.39, 0.29) is 12.4 Å². The van der Waals surface area contributed by atoms with Crippen LogP contribution in [0.5, 0.6) is 0 Å². The van der Waals surface area contributed by atoms with E-state index in [9.17, 15) is 0 Å². The second kappa shape index (κ2) is 10.7. The van der Waals surface area contributed by atoms with Crippen LogP contribution in [0.4, 0.5) is 11.4 Å². The Morgan fingerprint density at radius 2 is 0.839 bits per heavy atom. The summed E-state index contributed by atoms with van der Waals surface area (Å²) >= 11 is 2.83. The average molecular weight is 624 g/mol. The van der Waals surface area contributed by atoms with Crippen molar-refractivity contribution >= 4 is 27.8 Å². The summed E-state index contributed by atoms with van der Waals surface area (Å²) in [6.07, 6.45) is 0. The summed E-state index contributed by atoms with van der Waals surface area (Å²) < 4.78 is 1.31. The first-order valence-electron chi connectivity index (χ1n) is 11.4. The average Bonchev–Trinajstić information content (AvgIpc) is 3.07. The Morgan fingerprint density at radius 3 is 1.06 bits per heavy atom. The third-order valence-corrected chi connectivity index (χ3v) is 7.35. The molecule has 1 saturated heterocycles. The Morgan fingerprint density at radius 1 is 0.581 bits per heavy atom. The van der Waals surface area contributed by atoms with Gasteiger partial charge in [0.25, 0.3) is 0 Å². The first-order valence-corrected chi connectivity index (χ1v) is 12.5. The van der Waals surface area contributed by atoms with E-state index in [1.807, 2.05) is 0 Å². The van der Waals surface area contributed by atoms with Gasteiger partial charge in [0.2, 0.25) is 0 Å². The van der Waals surface area contributed by atoms with Crippen molar-refractivity contribution in [1.82, 2.24) is 0 Å². The van der Waals surface area contributed by atoms with Gasteiger partial charge >= 0.3 is 197 Å². The molecule has 2 aromatic rings. The number of rotatable bonds is 6. The molecule has 0 unspecified atom stereocenters. The Balaban J connectivity index is 0.00000341. The number of para-hydroxylation sites is 2. The largest absolute Gasteiger partial charge is 0.147 e. The van der Waals surface area contributed by atoms with Gasteiger partial charge in [-0.15, -0.1) is 12.4 Å². The van der Waals surface area contributed by atoms with Gasteiger partial charge in [0, 0.05) is 0 Å². The van der Waals surface area contributed by atoms with Gasteiger partial charge in [-0.25, -0.2) is 0 Å². The molecule has 1 aliphatic rings. The molecule has 175 valence electrons. The molecule has 4 heteroatoms. The normalized spacial score (nSPS) is 14.5. The molecule has 31 heavy (non-hydrogen) atoms. The molecule has 0 spiro atoms. The predicted octanol–water partition coefficient (Wildman–Crippen LogP) is 7.56. The van der Waals surface area contributed by atoms with Crippen LogP contribution in [-0.2, 0) is 20.6 Å². The van der Waals surface area contributed by atoms with E-state index in [2.05, 4.69) is 122 Å². The van der Waals surface area contributed by atoms with Crippen molar-refractivity contribution in [2.45, 2.75) is 79.1 Å². The molecule has 2 aromatic carbocycles. The standard InChI is InChI=1S/C27H38N2.Au.ClH/c1-18(2)22-11-9-12-23(19(3)4)26(22)28-15-16-29(17-28)27-24(20(5)6)13-10-14-25(27)21(7)8;;/h9-14,18-21H,15-16H2,1-8H3;;1H. The van der Waals surface area contributed by atoms with Crippen LogP contribution in [0.25, 0.3) is 0 Å². The molecule has 0 bridgehead atoms. The molecule has 0 amide bonds. The van der Waals surface area contributed by atoms with Crippen LogP contribution in [0.1, 0.15) is 101 Å². The molecular formula is C27H39AuClN2. The van der Waals surface area contributed by atoms with Crippen molar-refractivity contribution in [3.05, 3.63) is 58.7 Å². The van der Waals surface area contributed by atoms with Crippen LogP contribution in [-0.4, -0.2) is 17.1 Å². The van der Waals surface area contributed by atoms with E-state index in [0.29, 0.717) is 23.7 Å². The van der Waals surface area contributed by atoms with Crippen LogP contribution < -0.4 is 9.80 Å². The molecule has 0 N–H and O–H groups in total. The van der Waals surface area contributed by atoms with Crippen LogP contribution >= 0.6 is 12.4 Å². The summed E-state index contributed by atoms with van der Waals surface area (Å²) in [5, 5.41) is 0. The number of hydrogen-bond acceptors (Lipinski definition) is 2. The van der Waals surface area contributed by atoms with E-state index >= 15 is 0 Å². The van der Waals surface area contributed by atoms with E-state index in [4.69, 9.17) is 0 Å². The molecule has 1 aliphatic heterocycles. The van der Waals surface area contributed by atoms with Crippen molar-refractivity contribution in [1.29, 1.82) is 0 Å². The van der Waals surface area contributed by atoms with Crippen LogP contribution in [0.15, 0.2) is 36.4 Å². The minimum Gasteiger partial charge on any atom is -0.147 e. The zero-order valence-corrected chi connectivity index (χ0v) is 23.3. The van der Waals surface area contributed by atoms with Crippen LogP contribution in [0.3, 0.4) is 0 Å². The molecule has 0 radical (unpaired) electrons. The Labute approximate surface area is 208 Å². The van der Waals surface area contributed by atoms with E-state index in [1.165, 1.54) is 37.6 Å². The molecule has 3 rings (SSSR count). The van der Waals surface area contributed by atoms with Crippen molar-refractivity contribution < 1.29 is 20.6 Å². The van der Waals surface area contributed by atoms with E-state index in [0.717, 1.165) is 13.1 Å². The minimum atomic E-state index is 0. The number of nitrogens with zero attached hydrogens (tertiary/aromatic N) is 2. The predicted molar refractivity (Wildman–Crippen MR) is 136 cm³/mol. The summed E-state index contributed by atoms with van der Waals surface area (Å²) in [6, 6.07) is 13.7. The number of benzene rings is 2. The summed E-state index contributed by atoms with van der Waals surface area (Å²) in [6.45, 7) is 20.5. The molecule has 2 nitrogen and oxygen atoms in total. The summed E-state index contributed by atoms with van der Waals surface area (Å²) in [4.78, 5) is 5.13. The Hall–Kier alpha value is -1.06. The topological polar surface area (TPSA) is 6.48 Å². The second-order valence-corrected chi connectivity index (χ2v) is 10.7. The SMILES string of the molecule is CC(C)c1cccc(C(C)C)c1N1CCN(c2c(C(C)C)cccc2C(C)C)[C]1=[Au].Cl. The fraction of sp³-hybridized carbons (Fsp3) is 0.519. The summed E-state index contributed by atoms with van der Waals surface area (Å²) in [5.41, 5.74) is 8.66. The van der Waals surface area contributed by atoms with Gasteiger partial charge in [-0.05, 0) is 0 Å². The first kappa shape index (κ1) is 26.2. The minimum absolute atomic E-state index is 0. The Bertz CT molecular complexity index is 791. The fourth-order valence-electron chi connectivity index (χ4n) is 4.55. The zero-order valence-electron chi connectivity index (χ0n) is 20.3. The van der Waals surface area contributed by atoms with Crippen LogP contribution in [0.2, 0.25) is 0 Å². The van der Waals surface area contributed by atoms with Crippen LogP contribution in [0, 0.1) is 0 Å². The van der Waals surface area contributed by atoms with Gasteiger partial charge < -0.3 is 0 Å². The smallest absolute Gasteiger partial charge is 0.147 e. The van der Waals surface area contributed by atoms with Crippen molar-refractivity contribution in [3.63, 3.8) is 0 Å². The second-order valence-electron chi connectivity index (χ2n) is 9.73.